The summed E-state index contributed by atoms with van der Waals surface area (Å²) in [7, 11) is 3.58. The Morgan fingerprint density at radius 1 is 1.22 bits per heavy atom. The van der Waals surface area contributed by atoms with Crippen molar-refractivity contribution in [2.24, 2.45) is 0 Å². The second-order valence-electron chi connectivity index (χ2n) is 6.74. The van der Waals surface area contributed by atoms with E-state index in [1.54, 1.807) is 32.3 Å². The maximum atomic E-state index is 13.1. The van der Waals surface area contributed by atoms with Crippen LogP contribution < -0.4 is 9.80 Å². The molecule has 9 heteroatoms. The standard InChI is InChI=1S/C18H25N5O4/c1-4-27-18(26)15-17(25)21(3)16-13(6-5-7-19-16)23(15)14(24)12-22-10-8-20(2)9-11-22/h5-7,15H,4,8-12H2,1-3H3. The van der Waals surface area contributed by atoms with Crippen molar-refractivity contribution in [1.82, 2.24) is 14.8 Å². The van der Waals surface area contributed by atoms with Crippen LogP contribution >= 0.6 is 0 Å². The molecule has 0 spiro atoms. The smallest absolute Gasteiger partial charge is 0.339 e. The molecule has 1 saturated heterocycles. The van der Waals surface area contributed by atoms with E-state index in [9.17, 15) is 14.4 Å². The SMILES string of the molecule is CCOC(=O)C1C(=O)N(C)c2ncccc2N1C(=O)CN1CCN(C)CC1. The summed E-state index contributed by atoms with van der Waals surface area (Å²) >= 11 is 0. The number of fused-ring (bicyclic) bond motifs is 1. The molecule has 9 nitrogen and oxygen atoms in total. The number of hydrogen-bond donors (Lipinski definition) is 0. The second-order valence-corrected chi connectivity index (χ2v) is 6.74. The third-order valence-corrected chi connectivity index (χ3v) is 4.90. The maximum Gasteiger partial charge on any atom is 0.339 e. The highest BCUT2D eigenvalue weighted by atomic mass is 16.5. The highest BCUT2D eigenvalue weighted by Gasteiger charge is 2.46. The summed E-state index contributed by atoms with van der Waals surface area (Å²) in [6, 6.07) is 2.05. The van der Waals surface area contributed by atoms with Crippen LogP contribution in [0.1, 0.15) is 6.92 Å². The summed E-state index contributed by atoms with van der Waals surface area (Å²) < 4.78 is 5.08. The number of esters is 1. The van der Waals surface area contributed by atoms with Crippen LogP contribution in [0.2, 0.25) is 0 Å². The first kappa shape index (κ1) is 19.2. The zero-order valence-electron chi connectivity index (χ0n) is 15.9. The van der Waals surface area contributed by atoms with Crippen molar-refractivity contribution in [3.8, 4) is 0 Å². The average molecular weight is 375 g/mol. The quantitative estimate of drug-likeness (QED) is 0.521. The van der Waals surface area contributed by atoms with Crippen molar-refractivity contribution in [3.63, 3.8) is 0 Å². The van der Waals surface area contributed by atoms with Gasteiger partial charge in [0.2, 0.25) is 11.9 Å². The fourth-order valence-corrected chi connectivity index (χ4v) is 3.35. The second kappa shape index (κ2) is 8.01. The van der Waals surface area contributed by atoms with Gasteiger partial charge in [0, 0.05) is 39.4 Å². The van der Waals surface area contributed by atoms with Crippen LogP contribution in [0.25, 0.3) is 0 Å². The topological polar surface area (TPSA) is 86.3 Å². The van der Waals surface area contributed by atoms with E-state index in [0.29, 0.717) is 11.5 Å². The zero-order chi connectivity index (χ0) is 19.6. The molecule has 27 heavy (non-hydrogen) atoms. The van der Waals surface area contributed by atoms with Gasteiger partial charge in [-0.05, 0) is 26.1 Å². The van der Waals surface area contributed by atoms with E-state index in [1.807, 2.05) is 11.9 Å². The molecule has 2 aliphatic heterocycles. The molecule has 146 valence electrons. The predicted octanol–water partition coefficient (Wildman–Crippen LogP) is -0.430. The number of carbonyl (C=O) groups is 3. The summed E-state index contributed by atoms with van der Waals surface area (Å²) in [5.41, 5.74) is 0.441. The predicted molar refractivity (Wildman–Crippen MR) is 99.5 cm³/mol. The fourth-order valence-electron chi connectivity index (χ4n) is 3.35. The lowest BCUT2D eigenvalue weighted by Crippen LogP contribution is -2.61. The Morgan fingerprint density at radius 3 is 2.59 bits per heavy atom. The molecule has 2 amide bonds. The van der Waals surface area contributed by atoms with Gasteiger partial charge < -0.3 is 9.64 Å². The number of piperazine rings is 1. The molecule has 1 aromatic heterocycles. The Balaban J connectivity index is 1.92. The Kier molecular flexibility index (Phi) is 5.71. The number of pyridine rings is 1. The van der Waals surface area contributed by atoms with Crippen molar-refractivity contribution in [3.05, 3.63) is 18.3 Å². The normalized spacial score (nSPS) is 21.1. The minimum absolute atomic E-state index is 0.132. The van der Waals surface area contributed by atoms with E-state index in [1.165, 1.54) is 9.80 Å². The van der Waals surface area contributed by atoms with Crippen LogP contribution in [0.3, 0.4) is 0 Å². The lowest BCUT2D eigenvalue weighted by atomic mass is 10.1. The van der Waals surface area contributed by atoms with Gasteiger partial charge in [-0.1, -0.05) is 0 Å². The van der Waals surface area contributed by atoms with Gasteiger partial charge in [0.05, 0.1) is 18.8 Å². The highest BCUT2D eigenvalue weighted by molar-refractivity contribution is 6.21. The molecule has 1 aromatic rings. The Morgan fingerprint density at radius 2 is 1.93 bits per heavy atom. The number of nitrogens with zero attached hydrogens (tertiary/aromatic N) is 5. The van der Waals surface area contributed by atoms with Gasteiger partial charge in [-0.3, -0.25) is 24.3 Å². The van der Waals surface area contributed by atoms with Crippen molar-refractivity contribution in [2.75, 3.05) is 63.2 Å². The van der Waals surface area contributed by atoms with Gasteiger partial charge in [-0.2, -0.15) is 0 Å². The molecule has 1 unspecified atom stereocenters. The first-order valence-electron chi connectivity index (χ1n) is 9.06. The van der Waals surface area contributed by atoms with Gasteiger partial charge in [-0.15, -0.1) is 0 Å². The average Bonchev–Trinajstić information content (AvgIpc) is 2.66. The third kappa shape index (κ3) is 3.79. The zero-order valence-corrected chi connectivity index (χ0v) is 15.9. The number of rotatable bonds is 4. The minimum atomic E-state index is -1.33. The van der Waals surface area contributed by atoms with E-state index in [0.717, 1.165) is 26.2 Å². The Labute approximate surface area is 158 Å². The lowest BCUT2D eigenvalue weighted by molar-refractivity contribution is -0.149. The number of ether oxygens (including phenoxy) is 1. The number of hydrogen-bond acceptors (Lipinski definition) is 7. The molecule has 1 atom stereocenters. The van der Waals surface area contributed by atoms with Crippen LogP contribution in [-0.2, 0) is 19.1 Å². The molecular formula is C18H25N5O4. The Hall–Kier alpha value is -2.52. The van der Waals surface area contributed by atoms with E-state index in [-0.39, 0.29) is 19.1 Å². The van der Waals surface area contributed by atoms with Crippen molar-refractivity contribution in [1.29, 1.82) is 0 Å². The number of likely N-dealkylation sites (N-methyl/N-ethyl adjacent to an activating group) is 2. The fraction of sp³-hybridized carbons (Fsp3) is 0.556. The third-order valence-electron chi connectivity index (χ3n) is 4.90. The number of anilines is 2. The van der Waals surface area contributed by atoms with Gasteiger partial charge in [-0.25, -0.2) is 9.78 Å². The lowest BCUT2D eigenvalue weighted by Gasteiger charge is -2.39. The van der Waals surface area contributed by atoms with Gasteiger partial charge in [0.25, 0.3) is 5.91 Å². The maximum absolute atomic E-state index is 13.1. The largest absolute Gasteiger partial charge is 0.464 e. The summed E-state index contributed by atoms with van der Waals surface area (Å²) in [5, 5.41) is 0. The van der Waals surface area contributed by atoms with E-state index in [2.05, 4.69) is 9.88 Å². The molecule has 2 aliphatic rings. The van der Waals surface area contributed by atoms with Gasteiger partial charge >= 0.3 is 5.97 Å². The number of carbonyl (C=O) groups excluding carboxylic acids is 3. The molecule has 3 heterocycles. The van der Waals surface area contributed by atoms with Gasteiger partial charge in [0.15, 0.2) is 5.82 Å². The van der Waals surface area contributed by atoms with Crippen molar-refractivity contribution >= 4 is 29.3 Å². The van der Waals surface area contributed by atoms with Crippen LogP contribution in [-0.4, -0.2) is 92.0 Å². The minimum Gasteiger partial charge on any atom is -0.464 e. The summed E-state index contributed by atoms with van der Waals surface area (Å²) in [5.74, 6) is -1.20. The molecular weight excluding hydrogens is 350 g/mol. The first-order chi connectivity index (χ1) is 12.9. The molecule has 0 aromatic carbocycles. The summed E-state index contributed by atoms with van der Waals surface area (Å²) in [6.45, 7) is 5.19. The molecule has 0 saturated carbocycles. The van der Waals surface area contributed by atoms with Crippen LogP contribution in [0, 0.1) is 0 Å². The number of amides is 2. The molecule has 3 rings (SSSR count). The first-order valence-corrected chi connectivity index (χ1v) is 9.06. The summed E-state index contributed by atoms with van der Waals surface area (Å²) in [4.78, 5) is 49.5. The summed E-state index contributed by atoms with van der Waals surface area (Å²) in [6.07, 6.45) is 1.55. The van der Waals surface area contributed by atoms with Crippen LogP contribution in [0.4, 0.5) is 11.5 Å². The highest BCUT2D eigenvalue weighted by Crippen LogP contribution is 2.33. The van der Waals surface area contributed by atoms with E-state index in [4.69, 9.17) is 4.74 Å². The van der Waals surface area contributed by atoms with Crippen LogP contribution in [0.15, 0.2) is 18.3 Å². The molecule has 0 N–H and O–H groups in total. The Bertz CT molecular complexity index is 732. The molecule has 0 radical (unpaired) electrons. The van der Waals surface area contributed by atoms with Gasteiger partial charge in [0.1, 0.15) is 0 Å². The molecule has 0 aliphatic carbocycles. The monoisotopic (exact) mass is 375 g/mol. The van der Waals surface area contributed by atoms with Crippen LogP contribution in [0.5, 0.6) is 0 Å². The molecule has 1 fully saturated rings. The van der Waals surface area contributed by atoms with Crippen molar-refractivity contribution in [2.45, 2.75) is 13.0 Å². The number of aromatic nitrogens is 1. The van der Waals surface area contributed by atoms with E-state index < -0.39 is 17.9 Å². The van der Waals surface area contributed by atoms with E-state index >= 15 is 0 Å². The molecule has 0 bridgehead atoms. The van der Waals surface area contributed by atoms with Crippen molar-refractivity contribution < 1.29 is 19.1 Å².